The van der Waals surface area contributed by atoms with Crippen LogP contribution in [0.25, 0.3) is 5.57 Å². The van der Waals surface area contributed by atoms with Crippen LogP contribution in [0.3, 0.4) is 0 Å². The van der Waals surface area contributed by atoms with Gasteiger partial charge in [0.2, 0.25) is 5.82 Å². The zero-order chi connectivity index (χ0) is 21.0. The maximum absolute atomic E-state index is 13.6. The zero-order valence-corrected chi connectivity index (χ0v) is 15.4. The monoisotopic (exact) mass is 406 g/mol. The van der Waals surface area contributed by atoms with Crippen LogP contribution in [0.1, 0.15) is 21.7 Å². The number of halogens is 3. The number of aromatic amines is 1. The Morgan fingerprint density at radius 1 is 1.31 bits per heavy atom. The molecule has 1 amide bonds. The van der Waals surface area contributed by atoms with Gasteiger partial charge in [-0.3, -0.25) is 4.79 Å². The van der Waals surface area contributed by atoms with Gasteiger partial charge in [0.15, 0.2) is 0 Å². The van der Waals surface area contributed by atoms with Crippen molar-refractivity contribution in [3.8, 4) is 6.07 Å². The second-order valence-electron chi connectivity index (χ2n) is 6.40. The number of allylic oxidation sites excluding steroid dienone is 1. The SMILES string of the molecule is CN1CCN(C(=O)c2ccc(NC=C(C#N)c3nn[nH]n3)cc2C(F)(F)F)CC1. The van der Waals surface area contributed by atoms with Crippen LogP contribution in [-0.4, -0.2) is 69.6 Å². The average Bonchev–Trinajstić information content (AvgIpc) is 3.22. The van der Waals surface area contributed by atoms with Gasteiger partial charge in [-0.1, -0.05) is 0 Å². The lowest BCUT2D eigenvalue weighted by Crippen LogP contribution is -2.47. The molecule has 1 saturated heterocycles. The first-order chi connectivity index (χ1) is 13.8. The van der Waals surface area contributed by atoms with Crippen molar-refractivity contribution in [3.63, 3.8) is 0 Å². The fraction of sp³-hybridized carbons (Fsp3) is 0.353. The molecule has 1 aliphatic heterocycles. The van der Waals surface area contributed by atoms with E-state index >= 15 is 0 Å². The van der Waals surface area contributed by atoms with Gasteiger partial charge in [-0.15, -0.1) is 10.2 Å². The molecule has 0 radical (unpaired) electrons. The van der Waals surface area contributed by atoms with Crippen LogP contribution in [0.15, 0.2) is 24.4 Å². The molecule has 2 aromatic rings. The lowest BCUT2D eigenvalue weighted by atomic mass is 10.0. The van der Waals surface area contributed by atoms with Gasteiger partial charge >= 0.3 is 6.18 Å². The number of benzene rings is 1. The number of hydrogen-bond acceptors (Lipinski definition) is 7. The quantitative estimate of drug-likeness (QED) is 0.741. The van der Waals surface area contributed by atoms with Crippen LogP contribution in [0, 0.1) is 11.3 Å². The smallest absolute Gasteiger partial charge is 0.360 e. The summed E-state index contributed by atoms with van der Waals surface area (Å²) in [6.45, 7) is 1.94. The summed E-state index contributed by atoms with van der Waals surface area (Å²) >= 11 is 0. The number of H-pyrrole nitrogens is 1. The second kappa shape index (κ2) is 8.27. The van der Waals surface area contributed by atoms with Crippen molar-refractivity contribution < 1.29 is 18.0 Å². The molecular weight excluding hydrogens is 389 g/mol. The Balaban J connectivity index is 1.87. The molecule has 3 rings (SSSR count). The van der Waals surface area contributed by atoms with Crippen molar-refractivity contribution >= 4 is 17.2 Å². The molecule has 29 heavy (non-hydrogen) atoms. The number of carbonyl (C=O) groups excluding carboxylic acids is 1. The summed E-state index contributed by atoms with van der Waals surface area (Å²) in [5, 5.41) is 24.5. The number of nitriles is 1. The lowest BCUT2D eigenvalue weighted by Gasteiger charge is -2.33. The summed E-state index contributed by atoms with van der Waals surface area (Å²) in [4.78, 5) is 16.1. The molecular formula is C17H17F3N8O. The number of rotatable bonds is 4. The van der Waals surface area contributed by atoms with E-state index in [1.807, 2.05) is 18.0 Å². The van der Waals surface area contributed by atoms with Gasteiger partial charge in [0, 0.05) is 38.1 Å². The number of aromatic nitrogens is 4. The van der Waals surface area contributed by atoms with Crippen LogP contribution in [-0.2, 0) is 6.18 Å². The van der Waals surface area contributed by atoms with Gasteiger partial charge < -0.3 is 15.1 Å². The minimum atomic E-state index is -4.72. The van der Waals surface area contributed by atoms with Gasteiger partial charge in [0.1, 0.15) is 11.6 Å². The minimum Gasteiger partial charge on any atom is -0.360 e. The molecule has 9 nitrogen and oxygen atoms in total. The summed E-state index contributed by atoms with van der Waals surface area (Å²) in [6, 6.07) is 5.15. The van der Waals surface area contributed by atoms with E-state index in [-0.39, 0.29) is 17.1 Å². The minimum absolute atomic E-state index is 0.00194. The molecule has 1 aromatic carbocycles. The van der Waals surface area contributed by atoms with Gasteiger partial charge in [-0.05, 0) is 30.5 Å². The van der Waals surface area contributed by atoms with E-state index in [0.717, 1.165) is 12.1 Å². The highest BCUT2D eigenvalue weighted by molar-refractivity contribution is 5.96. The van der Waals surface area contributed by atoms with Crippen molar-refractivity contribution in [2.45, 2.75) is 6.18 Å². The first kappa shape index (κ1) is 20.3. The molecule has 0 spiro atoms. The second-order valence-corrected chi connectivity index (χ2v) is 6.40. The normalized spacial score (nSPS) is 15.8. The van der Waals surface area contributed by atoms with Gasteiger partial charge in [-0.2, -0.15) is 23.6 Å². The van der Waals surface area contributed by atoms with E-state index < -0.39 is 23.2 Å². The standard InChI is InChI=1S/C17H17F3N8O/c1-27-4-6-28(7-5-27)16(29)13-3-2-12(8-14(13)17(18,19)20)22-10-11(9-21)15-23-25-26-24-15/h2-3,8,10,22H,4-7H2,1H3,(H,23,24,25,26). The van der Waals surface area contributed by atoms with E-state index in [1.54, 1.807) is 0 Å². The highest BCUT2D eigenvalue weighted by Gasteiger charge is 2.37. The van der Waals surface area contributed by atoms with Crippen LogP contribution < -0.4 is 5.32 Å². The molecule has 1 aromatic heterocycles. The number of nitrogens with zero attached hydrogens (tertiary/aromatic N) is 6. The molecule has 0 saturated carbocycles. The third kappa shape index (κ3) is 4.69. The van der Waals surface area contributed by atoms with Crippen molar-refractivity contribution in [1.82, 2.24) is 30.4 Å². The van der Waals surface area contributed by atoms with Crippen LogP contribution in [0.5, 0.6) is 0 Å². The predicted octanol–water partition coefficient (Wildman–Crippen LogP) is 1.58. The number of amides is 1. The zero-order valence-electron chi connectivity index (χ0n) is 15.4. The van der Waals surface area contributed by atoms with Crippen LogP contribution in [0.4, 0.5) is 18.9 Å². The molecule has 1 fully saturated rings. The fourth-order valence-corrected chi connectivity index (χ4v) is 2.81. The number of hydrogen-bond donors (Lipinski definition) is 2. The van der Waals surface area contributed by atoms with E-state index in [0.29, 0.717) is 26.2 Å². The summed E-state index contributed by atoms with van der Waals surface area (Å²) in [5.41, 5.74) is -1.42. The molecule has 0 aliphatic carbocycles. The number of likely N-dealkylation sites (N-methyl/N-ethyl adjacent to an activating group) is 1. The van der Waals surface area contributed by atoms with Crippen molar-refractivity contribution in [2.75, 3.05) is 38.5 Å². The molecule has 1 aliphatic rings. The number of nitrogens with one attached hydrogen (secondary N) is 2. The Morgan fingerprint density at radius 3 is 2.62 bits per heavy atom. The predicted molar refractivity (Wildman–Crippen MR) is 96.2 cm³/mol. The molecule has 12 heteroatoms. The number of anilines is 1. The number of carbonyl (C=O) groups is 1. The van der Waals surface area contributed by atoms with Crippen LogP contribution >= 0.6 is 0 Å². The Kier molecular flexibility index (Phi) is 5.79. The number of alkyl halides is 3. The highest BCUT2D eigenvalue weighted by atomic mass is 19.4. The molecule has 2 heterocycles. The number of tetrazole rings is 1. The fourth-order valence-electron chi connectivity index (χ4n) is 2.81. The maximum Gasteiger partial charge on any atom is 0.417 e. The molecule has 0 atom stereocenters. The molecule has 152 valence electrons. The third-order valence-electron chi connectivity index (χ3n) is 4.44. The Hall–Kier alpha value is -3.46. The first-order valence-electron chi connectivity index (χ1n) is 8.59. The molecule has 2 N–H and O–H groups in total. The van der Waals surface area contributed by atoms with Gasteiger partial charge in [-0.25, -0.2) is 0 Å². The Morgan fingerprint density at radius 2 is 2.03 bits per heavy atom. The van der Waals surface area contributed by atoms with E-state index in [1.165, 1.54) is 17.2 Å². The summed E-state index contributed by atoms with van der Waals surface area (Å²) in [5.74, 6) is -0.657. The third-order valence-corrected chi connectivity index (χ3v) is 4.44. The molecule has 0 bridgehead atoms. The van der Waals surface area contributed by atoms with E-state index in [2.05, 4.69) is 25.9 Å². The van der Waals surface area contributed by atoms with Crippen molar-refractivity contribution in [2.24, 2.45) is 0 Å². The van der Waals surface area contributed by atoms with Crippen molar-refractivity contribution in [3.05, 3.63) is 41.4 Å². The largest absolute Gasteiger partial charge is 0.417 e. The maximum atomic E-state index is 13.6. The molecule has 0 unspecified atom stereocenters. The lowest BCUT2D eigenvalue weighted by molar-refractivity contribution is -0.138. The number of piperazine rings is 1. The van der Waals surface area contributed by atoms with E-state index in [4.69, 9.17) is 5.26 Å². The first-order valence-corrected chi connectivity index (χ1v) is 8.59. The van der Waals surface area contributed by atoms with Gasteiger partial charge in [0.05, 0.1) is 11.1 Å². The van der Waals surface area contributed by atoms with E-state index in [9.17, 15) is 18.0 Å². The Bertz CT molecular complexity index is 941. The summed E-state index contributed by atoms with van der Waals surface area (Å²) in [7, 11) is 1.89. The van der Waals surface area contributed by atoms with Gasteiger partial charge in [0.25, 0.3) is 5.91 Å². The van der Waals surface area contributed by atoms with Crippen molar-refractivity contribution in [1.29, 1.82) is 5.26 Å². The Labute approximate surface area is 163 Å². The highest BCUT2D eigenvalue weighted by Crippen LogP contribution is 2.34. The topological polar surface area (TPSA) is 114 Å². The average molecular weight is 406 g/mol. The van der Waals surface area contributed by atoms with Crippen LogP contribution in [0.2, 0.25) is 0 Å². The summed E-state index contributed by atoms with van der Waals surface area (Å²) in [6.07, 6.45) is -3.55. The summed E-state index contributed by atoms with van der Waals surface area (Å²) < 4.78 is 40.8.